The maximum Gasteiger partial charge on any atom is 0.332 e. The molecule has 0 atom stereocenters. The minimum atomic E-state index is -0.521. The van der Waals surface area contributed by atoms with Crippen LogP contribution in [0.25, 0.3) is 11.2 Å². The summed E-state index contributed by atoms with van der Waals surface area (Å²) in [6.07, 6.45) is 0.878. The molecular formula is C11H14BrFN4O2. The molecule has 0 aliphatic heterocycles. The molecule has 0 amide bonds. The number of rotatable bonds is 5. The average Bonchev–Trinajstić information content (AvgIpc) is 2.76. The van der Waals surface area contributed by atoms with E-state index in [9.17, 15) is 14.0 Å². The molecule has 0 spiro atoms. The van der Waals surface area contributed by atoms with Crippen LogP contribution in [-0.2, 0) is 13.1 Å². The lowest BCUT2D eigenvalue weighted by Crippen LogP contribution is -2.40. The van der Waals surface area contributed by atoms with Gasteiger partial charge in [-0.15, -0.1) is 0 Å². The van der Waals surface area contributed by atoms with E-state index in [1.165, 1.54) is 4.57 Å². The third-order valence-electron chi connectivity index (χ3n) is 2.79. The molecule has 0 unspecified atom stereocenters. The third-order valence-corrected chi connectivity index (χ3v) is 3.17. The Kier molecular flexibility index (Phi) is 4.18. The zero-order valence-corrected chi connectivity index (χ0v) is 12.0. The molecule has 0 aromatic carbocycles. The largest absolute Gasteiger partial charge is 0.332 e. The predicted molar refractivity (Wildman–Crippen MR) is 73.2 cm³/mol. The van der Waals surface area contributed by atoms with Crippen LogP contribution in [0.3, 0.4) is 0 Å². The summed E-state index contributed by atoms with van der Waals surface area (Å²) in [5, 5.41) is 0. The Labute approximate surface area is 116 Å². The SMILES string of the molecule is CCCn1c(=O)c2[nH]c(Br)nc2n(CCCF)c1=O. The van der Waals surface area contributed by atoms with Gasteiger partial charge in [0.2, 0.25) is 0 Å². The fraction of sp³-hybridized carbons (Fsp3) is 0.545. The molecular weight excluding hydrogens is 319 g/mol. The van der Waals surface area contributed by atoms with Crippen LogP contribution in [0.5, 0.6) is 0 Å². The summed E-state index contributed by atoms with van der Waals surface area (Å²) in [4.78, 5) is 31.3. The highest BCUT2D eigenvalue weighted by molar-refractivity contribution is 9.10. The Morgan fingerprint density at radius 3 is 2.68 bits per heavy atom. The maximum absolute atomic E-state index is 12.3. The van der Waals surface area contributed by atoms with Gasteiger partial charge in [0.25, 0.3) is 5.56 Å². The van der Waals surface area contributed by atoms with Crippen LogP contribution < -0.4 is 11.2 Å². The van der Waals surface area contributed by atoms with Crippen molar-refractivity contribution in [3.8, 4) is 0 Å². The van der Waals surface area contributed by atoms with E-state index in [0.717, 1.165) is 4.57 Å². The molecule has 0 aliphatic carbocycles. The summed E-state index contributed by atoms with van der Waals surface area (Å²) < 4.78 is 15.2. The molecule has 0 saturated carbocycles. The van der Waals surface area contributed by atoms with Gasteiger partial charge in [0.05, 0.1) is 6.67 Å². The Morgan fingerprint density at radius 2 is 2.05 bits per heavy atom. The minimum Gasteiger partial charge on any atom is -0.327 e. The van der Waals surface area contributed by atoms with Crippen LogP contribution in [0.4, 0.5) is 4.39 Å². The Hall–Kier alpha value is -1.44. The lowest BCUT2D eigenvalue weighted by Gasteiger charge is -2.09. The molecule has 2 rings (SSSR count). The standard InChI is InChI=1S/C11H14BrFN4O2/c1-2-5-17-9(18)7-8(15-10(12)14-7)16(11(17)19)6-3-4-13/h2-6H2,1H3,(H,14,15). The van der Waals surface area contributed by atoms with E-state index in [1.807, 2.05) is 6.92 Å². The van der Waals surface area contributed by atoms with Crippen molar-refractivity contribution in [2.75, 3.05) is 6.67 Å². The Balaban J connectivity index is 2.76. The molecule has 8 heteroatoms. The number of imidazole rings is 1. The molecule has 2 aromatic rings. The summed E-state index contributed by atoms with van der Waals surface area (Å²) in [5.41, 5.74) is -0.301. The fourth-order valence-electron chi connectivity index (χ4n) is 1.98. The van der Waals surface area contributed by atoms with Gasteiger partial charge in [0, 0.05) is 13.1 Å². The number of aromatic amines is 1. The summed E-state index contributed by atoms with van der Waals surface area (Å²) in [6.45, 7) is 1.89. The quantitative estimate of drug-likeness (QED) is 0.841. The zero-order valence-electron chi connectivity index (χ0n) is 10.4. The lowest BCUT2D eigenvalue weighted by atomic mass is 10.4. The summed E-state index contributed by atoms with van der Waals surface area (Å²) >= 11 is 3.14. The van der Waals surface area contributed by atoms with E-state index in [0.29, 0.717) is 17.7 Å². The van der Waals surface area contributed by atoms with Gasteiger partial charge in [-0.3, -0.25) is 18.3 Å². The van der Waals surface area contributed by atoms with Gasteiger partial charge in [-0.25, -0.2) is 9.78 Å². The first-order valence-corrected chi connectivity index (χ1v) is 6.84. The number of aromatic nitrogens is 4. The zero-order chi connectivity index (χ0) is 14.0. The van der Waals surface area contributed by atoms with Crippen molar-refractivity contribution in [1.82, 2.24) is 19.1 Å². The number of nitrogens with one attached hydrogen (secondary N) is 1. The molecule has 1 N–H and O–H groups in total. The van der Waals surface area contributed by atoms with Crippen molar-refractivity contribution < 1.29 is 4.39 Å². The first-order chi connectivity index (χ1) is 9.10. The first-order valence-electron chi connectivity index (χ1n) is 6.05. The normalized spacial score (nSPS) is 11.3. The van der Waals surface area contributed by atoms with Gasteiger partial charge in [0.1, 0.15) is 0 Å². The van der Waals surface area contributed by atoms with Gasteiger partial charge < -0.3 is 4.98 Å². The van der Waals surface area contributed by atoms with Crippen molar-refractivity contribution in [1.29, 1.82) is 0 Å². The van der Waals surface area contributed by atoms with Crippen LogP contribution in [0.15, 0.2) is 14.3 Å². The number of H-pyrrole nitrogens is 1. The maximum atomic E-state index is 12.3. The van der Waals surface area contributed by atoms with E-state index in [-0.39, 0.29) is 24.1 Å². The van der Waals surface area contributed by atoms with Crippen molar-refractivity contribution in [2.45, 2.75) is 32.9 Å². The van der Waals surface area contributed by atoms with Gasteiger partial charge in [-0.05, 0) is 28.8 Å². The topological polar surface area (TPSA) is 72.7 Å². The van der Waals surface area contributed by atoms with Crippen LogP contribution in [0, 0.1) is 0 Å². The monoisotopic (exact) mass is 332 g/mol. The molecule has 0 aliphatic rings. The average molecular weight is 333 g/mol. The van der Waals surface area contributed by atoms with E-state index >= 15 is 0 Å². The first kappa shape index (κ1) is 14.0. The molecule has 0 fully saturated rings. The summed E-state index contributed by atoms with van der Waals surface area (Å²) in [7, 11) is 0. The molecule has 0 radical (unpaired) electrons. The second-order valence-electron chi connectivity index (χ2n) is 4.16. The molecule has 2 aromatic heterocycles. The molecule has 2 heterocycles. The number of halogens is 2. The van der Waals surface area contributed by atoms with Crippen LogP contribution in [0.2, 0.25) is 0 Å². The van der Waals surface area contributed by atoms with Crippen molar-refractivity contribution in [3.05, 3.63) is 25.6 Å². The second-order valence-corrected chi connectivity index (χ2v) is 4.91. The minimum absolute atomic E-state index is 0.202. The summed E-state index contributed by atoms with van der Waals surface area (Å²) in [5.74, 6) is 0. The van der Waals surface area contributed by atoms with E-state index < -0.39 is 17.9 Å². The molecule has 0 bridgehead atoms. The number of fused-ring (bicyclic) bond motifs is 1. The lowest BCUT2D eigenvalue weighted by molar-refractivity contribution is 0.438. The Morgan fingerprint density at radius 1 is 1.32 bits per heavy atom. The van der Waals surface area contributed by atoms with E-state index in [4.69, 9.17) is 0 Å². The number of aryl methyl sites for hydroxylation is 1. The highest BCUT2D eigenvalue weighted by atomic mass is 79.9. The van der Waals surface area contributed by atoms with Crippen LogP contribution in [-0.4, -0.2) is 25.8 Å². The number of hydrogen-bond acceptors (Lipinski definition) is 3. The van der Waals surface area contributed by atoms with E-state index in [2.05, 4.69) is 25.9 Å². The third kappa shape index (κ3) is 2.49. The van der Waals surface area contributed by atoms with Crippen molar-refractivity contribution in [2.24, 2.45) is 0 Å². The molecule has 0 saturated heterocycles. The smallest absolute Gasteiger partial charge is 0.327 e. The number of nitrogens with zero attached hydrogens (tertiary/aromatic N) is 3. The van der Waals surface area contributed by atoms with Gasteiger partial charge >= 0.3 is 5.69 Å². The highest BCUT2D eigenvalue weighted by Gasteiger charge is 2.15. The highest BCUT2D eigenvalue weighted by Crippen LogP contribution is 2.10. The van der Waals surface area contributed by atoms with Crippen LogP contribution in [0.1, 0.15) is 19.8 Å². The molecule has 104 valence electrons. The fourth-order valence-corrected chi connectivity index (χ4v) is 2.34. The number of hydrogen-bond donors (Lipinski definition) is 1. The van der Waals surface area contributed by atoms with Crippen LogP contribution >= 0.6 is 15.9 Å². The van der Waals surface area contributed by atoms with E-state index in [1.54, 1.807) is 0 Å². The van der Waals surface area contributed by atoms with Crippen molar-refractivity contribution >= 4 is 27.1 Å². The van der Waals surface area contributed by atoms with Gasteiger partial charge in [0.15, 0.2) is 15.9 Å². The Bertz CT molecular complexity index is 703. The summed E-state index contributed by atoms with van der Waals surface area (Å²) in [6, 6.07) is 0. The predicted octanol–water partition coefficient (Wildman–Crippen LogP) is 1.42. The van der Waals surface area contributed by atoms with Crippen molar-refractivity contribution in [3.63, 3.8) is 0 Å². The molecule has 6 nitrogen and oxygen atoms in total. The second kappa shape index (κ2) is 5.68. The number of alkyl halides is 1. The van der Waals surface area contributed by atoms with Gasteiger partial charge in [-0.1, -0.05) is 6.92 Å². The van der Waals surface area contributed by atoms with Gasteiger partial charge in [-0.2, -0.15) is 0 Å². The molecule has 19 heavy (non-hydrogen) atoms.